The summed E-state index contributed by atoms with van der Waals surface area (Å²) < 4.78 is 1.08. The van der Waals surface area contributed by atoms with Crippen LogP contribution in [0.1, 0.15) is 12.5 Å². The summed E-state index contributed by atoms with van der Waals surface area (Å²) in [4.78, 5) is 0. The molecule has 0 radical (unpaired) electrons. The van der Waals surface area contributed by atoms with E-state index in [1.807, 2.05) is 12.1 Å². The number of benzene rings is 1. The summed E-state index contributed by atoms with van der Waals surface area (Å²) in [6.45, 7) is 3.53. The van der Waals surface area contributed by atoms with Gasteiger partial charge in [-0.05, 0) is 47.2 Å². The largest absolute Gasteiger partial charge is 0.329 e. The van der Waals surface area contributed by atoms with Gasteiger partial charge in [0.15, 0.2) is 0 Å². The van der Waals surface area contributed by atoms with Crippen molar-refractivity contribution in [1.82, 2.24) is 5.32 Å². The summed E-state index contributed by atoms with van der Waals surface area (Å²) in [6.07, 6.45) is 0. The highest BCUT2D eigenvalue weighted by molar-refractivity contribution is 14.1. The van der Waals surface area contributed by atoms with Gasteiger partial charge in [-0.1, -0.05) is 17.7 Å². The van der Waals surface area contributed by atoms with Gasteiger partial charge in [0.25, 0.3) is 0 Å². The summed E-state index contributed by atoms with van der Waals surface area (Å²) in [6, 6.07) is 6.42. The minimum atomic E-state index is 0.341. The molecule has 2 nitrogen and oxygen atoms in total. The standard InChI is InChI=1S/C10H14ClIN2/c1-7(5-13)14-6-8-2-3-10(12)9(11)4-8/h2-4,7,14H,5-6,13H2,1H3/t7-/m0/s1. The van der Waals surface area contributed by atoms with E-state index in [4.69, 9.17) is 17.3 Å². The molecular weight excluding hydrogens is 310 g/mol. The third-order valence-electron chi connectivity index (χ3n) is 1.99. The van der Waals surface area contributed by atoms with Gasteiger partial charge in [-0.25, -0.2) is 0 Å². The molecule has 14 heavy (non-hydrogen) atoms. The fraction of sp³-hybridized carbons (Fsp3) is 0.400. The van der Waals surface area contributed by atoms with Gasteiger partial charge in [-0.3, -0.25) is 0 Å². The van der Waals surface area contributed by atoms with Crippen molar-refractivity contribution in [3.8, 4) is 0 Å². The third kappa shape index (κ3) is 3.73. The van der Waals surface area contributed by atoms with E-state index in [0.717, 1.165) is 15.1 Å². The van der Waals surface area contributed by atoms with Gasteiger partial charge in [-0.15, -0.1) is 0 Å². The van der Waals surface area contributed by atoms with E-state index in [0.29, 0.717) is 12.6 Å². The van der Waals surface area contributed by atoms with Crippen LogP contribution >= 0.6 is 34.2 Å². The van der Waals surface area contributed by atoms with E-state index in [1.54, 1.807) is 0 Å². The van der Waals surface area contributed by atoms with Gasteiger partial charge in [0, 0.05) is 22.7 Å². The van der Waals surface area contributed by atoms with E-state index in [-0.39, 0.29) is 0 Å². The first-order valence-electron chi connectivity index (χ1n) is 4.51. The lowest BCUT2D eigenvalue weighted by atomic mass is 10.2. The quantitative estimate of drug-likeness (QED) is 0.835. The maximum atomic E-state index is 6.00. The van der Waals surface area contributed by atoms with Gasteiger partial charge in [0.05, 0.1) is 5.02 Å². The zero-order valence-corrected chi connectivity index (χ0v) is 11.0. The van der Waals surface area contributed by atoms with Crippen molar-refractivity contribution < 1.29 is 0 Å². The summed E-state index contributed by atoms with van der Waals surface area (Å²) in [5, 5.41) is 4.12. The molecule has 1 rings (SSSR count). The Morgan fingerprint density at radius 3 is 2.86 bits per heavy atom. The molecule has 0 fully saturated rings. The molecule has 0 saturated carbocycles. The molecule has 1 aromatic carbocycles. The molecule has 1 aromatic rings. The molecule has 0 aliphatic carbocycles. The zero-order chi connectivity index (χ0) is 10.6. The van der Waals surface area contributed by atoms with Crippen LogP contribution in [0.4, 0.5) is 0 Å². The molecule has 3 N–H and O–H groups in total. The highest BCUT2D eigenvalue weighted by Gasteiger charge is 2.01. The molecule has 0 amide bonds. The second-order valence-corrected chi connectivity index (χ2v) is 4.84. The number of nitrogens with two attached hydrogens (primary N) is 1. The van der Waals surface area contributed by atoms with E-state index in [1.165, 1.54) is 5.56 Å². The van der Waals surface area contributed by atoms with Crippen molar-refractivity contribution in [2.24, 2.45) is 5.73 Å². The summed E-state index contributed by atoms with van der Waals surface area (Å²) in [5.41, 5.74) is 6.69. The van der Waals surface area contributed by atoms with Gasteiger partial charge < -0.3 is 11.1 Å². The predicted octanol–water partition coefficient (Wildman–Crippen LogP) is 2.38. The van der Waals surface area contributed by atoms with Crippen molar-refractivity contribution in [3.05, 3.63) is 32.4 Å². The Morgan fingerprint density at radius 2 is 2.29 bits per heavy atom. The first kappa shape index (κ1) is 12.2. The first-order chi connectivity index (χ1) is 6.63. The van der Waals surface area contributed by atoms with Crippen LogP contribution < -0.4 is 11.1 Å². The fourth-order valence-corrected chi connectivity index (χ4v) is 1.56. The molecule has 1 atom stereocenters. The highest BCUT2D eigenvalue weighted by Crippen LogP contribution is 2.19. The summed E-state index contributed by atoms with van der Waals surface area (Å²) >= 11 is 8.22. The third-order valence-corrected chi connectivity index (χ3v) is 3.56. The minimum absolute atomic E-state index is 0.341. The molecule has 0 aliphatic rings. The molecule has 0 bridgehead atoms. The van der Waals surface area contributed by atoms with Crippen molar-refractivity contribution >= 4 is 34.2 Å². The molecule has 4 heteroatoms. The molecule has 0 saturated heterocycles. The van der Waals surface area contributed by atoms with Crippen molar-refractivity contribution in [1.29, 1.82) is 0 Å². The van der Waals surface area contributed by atoms with Gasteiger partial charge in [0.1, 0.15) is 0 Å². The average molecular weight is 325 g/mol. The van der Waals surface area contributed by atoms with Gasteiger partial charge in [0.2, 0.25) is 0 Å². The Balaban J connectivity index is 2.55. The summed E-state index contributed by atoms with van der Waals surface area (Å²) in [7, 11) is 0. The molecule has 0 unspecified atom stereocenters. The topological polar surface area (TPSA) is 38.0 Å². The number of nitrogens with one attached hydrogen (secondary N) is 1. The van der Waals surface area contributed by atoms with E-state index in [2.05, 4.69) is 40.9 Å². The Bertz CT molecular complexity index is 304. The Labute approximate surface area is 103 Å². The second-order valence-electron chi connectivity index (χ2n) is 3.27. The number of rotatable bonds is 4. The zero-order valence-electron chi connectivity index (χ0n) is 8.06. The smallest absolute Gasteiger partial charge is 0.0542 e. The molecule has 78 valence electrons. The fourth-order valence-electron chi connectivity index (χ4n) is 1.03. The molecule has 0 spiro atoms. The van der Waals surface area contributed by atoms with Crippen LogP contribution in [0.3, 0.4) is 0 Å². The number of hydrogen-bond acceptors (Lipinski definition) is 2. The minimum Gasteiger partial charge on any atom is -0.329 e. The van der Waals surface area contributed by atoms with Crippen LogP contribution in [0.2, 0.25) is 5.02 Å². The Hall–Kier alpha value is 0.160. The van der Waals surface area contributed by atoms with E-state index in [9.17, 15) is 0 Å². The predicted molar refractivity (Wildman–Crippen MR) is 69.5 cm³/mol. The van der Waals surface area contributed by atoms with E-state index >= 15 is 0 Å². The SMILES string of the molecule is C[C@@H](CN)NCc1ccc(I)c(Cl)c1. The lowest BCUT2D eigenvalue weighted by Crippen LogP contribution is -2.32. The van der Waals surface area contributed by atoms with Gasteiger partial charge >= 0.3 is 0 Å². The molecule has 0 heterocycles. The number of halogens is 2. The van der Waals surface area contributed by atoms with Gasteiger partial charge in [-0.2, -0.15) is 0 Å². The van der Waals surface area contributed by atoms with Crippen molar-refractivity contribution in [2.75, 3.05) is 6.54 Å². The second kappa shape index (κ2) is 5.90. The highest BCUT2D eigenvalue weighted by atomic mass is 127. The van der Waals surface area contributed by atoms with Crippen molar-refractivity contribution in [3.63, 3.8) is 0 Å². The van der Waals surface area contributed by atoms with Crippen LogP contribution in [-0.2, 0) is 6.54 Å². The van der Waals surface area contributed by atoms with Crippen LogP contribution in [-0.4, -0.2) is 12.6 Å². The Kier molecular flexibility index (Phi) is 5.15. The normalized spacial score (nSPS) is 12.9. The van der Waals surface area contributed by atoms with E-state index < -0.39 is 0 Å². The van der Waals surface area contributed by atoms with Crippen LogP contribution in [0, 0.1) is 3.57 Å². The monoisotopic (exact) mass is 324 g/mol. The number of hydrogen-bond donors (Lipinski definition) is 2. The van der Waals surface area contributed by atoms with Crippen LogP contribution in [0.25, 0.3) is 0 Å². The van der Waals surface area contributed by atoms with Crippen molar-refractivity contribution in [2.45, 2.75) is 19.5 Å². The first-order valence-corrected chi connectivity index (χ1v) is 5.96. The maximum Gasteiger partial charge on any atom is 0.0542 e. The Morgan fingerprint density at radius 1 is 1.57 bits per heavy atom. The lowest BCUT2D eigenvalue weighted by molar-refractivity contribution is 0.556. The molecule has 0 aromatic heterocycles. The molecular formula is C10H14ClIN2. The average Bonchev–Trinajstić information content (AvgIpc) is 2.19. The molecule has 0 aliphatic heterocycles. The van der Waals surface area contributed by atoms with Crippen LogP contribution in [0.5, 0.6) is 0 Å². The maximum absolute atomic E-state index is 6.00. The summed E-state index contributed by atoms with van der Waals surface area (Å²) in [5.74, 6) is 0. The van der Waals surface area contributed by atoms with Crippen LogP contribution in [0.15, 0.2) is 18.2 Å². The lowest BCUT2D eigenvalue weighted by Gasteiger charge is -2.11.